The Kier molecular flexibility index (Phi) is 7.81. The van der Waals surface area contributed by atoms with Gasteiger partial charge in [0.25, 0.3) is 0 Å². The maximum Gasteiger partial charge on any atom is 0.0602 e. The van der Waals surface area contributed by atoms with Gasteiger partial charge in [0.05, 0.1) is 17.4 Å². The van der Waals surface area contributed by atoms with E-state index in [0.717, 1.165) is 50.6 Å². The molecule has 168 valence electrons. The number of nitrogens with one attached hydrogen (secondary N) is 1. The molecular weight excluding hydrogens is 392 g/mol. The third kappa shape index (κ3) is 5.70. The number of rotatable bonds is 9. The van der Waals surface area contributed by atoms with Crippen LogP contribution in [0.1, 0.15) is 42.5 Å². The van der Waals surface area contributed by atoms with Crippen molar-refractivity contribution in [3.8, 4) is 0 Å². The molecule has 0 amide bonds. The first-order valence-corrected chi connectivity index (χ1v) is 11.9. The van der Waals surface area contributed by atoms with Crippen LogP contribution in [0.5, 0.6) is 0 Å². The largest absolute Gasteiger partial charge is 0.397 e. The van der Waals surface area contributed by atoms with Crippen molar-refractivity contribution in [1.82, 2.24) is 9.80 Å². The summed E-state index contributed by atoms with van der Waals surface area (Å²) < 4.78 is 0. The molecule has 4 heteroatoms. The van der Waals surface area contributed by atoms with E-state index in [1.807, 2.05) is 0 Å². The van der Waals surface area contributed by atoms with Crippen LogP contribution in [0.15, 0.2) is 78.9 Å². The lowest BCUT2D eigenvalue weighted by Gasteiger charge is -2.40. The van der Waals surface area contributed by atoms with E-state index in [1.54, 1.807) is 0 Å². The van der Waals surface area contributed by atoms with Gasteiger partial charge in [-0.3, -0.25) is 9.80 Å². The SMILES string of the molecule is CCCCNc1ccc(CN2CCN(C(c3ccccc3)c3ccccc3)CC2)cc1N. The van der Waals surface area contributed by atoms with Gasteiger partial charge in [0.2, 0.25) is 0 Å². The fourth-order valence-corrected chi connectivity index (χ4v) is 4.59. The molecule has 0 atom stereocenters. The Morgan fingerprint density at radius 2 is 1.47 bits per heavy atom. The van der Waals surface area contributed by atoms with Crippen molar-refractivity contribution in [3.05, 3.63) is 95.6 Å². The Morgan fingerprint density at radius 3 is 2.03 bits per heavy atom. The monoisotopic (exact) mass is 428 g/mol. The van der Waals surface area contributed by atoms with Gasteiger partial charge in [0.1, 0.15) is 0 Å². The molecule has 0 aliphatic carbocycles. The van der Waals surface area contributed by atoms with E-state index >= 15 is 0 Å². The van der Waals surface area contributed by atoms with Crippen LogP contribution in [0.4, 0.5) is 11.4 Å². The summed E-state index contributed by atoms with van der Waals surface area (Å²) in [6.07, 6.45) is 2.35. The smallest absolute Gasteiger partial charge is 0.0602 e. The highest BCUT2D eigenvalue weighted by Crippen LogP contribution is 2.30. The zero-order valence-electron chi connectivity index (χ0n) is 19.2. The van der Waals surface area contributed by atoms with Gasteiger partial charge in [-0.15, -0.1) is 0 Å². The molecule has 0 unspecified atom stereocenters. The Balaban J connectivity index is 1.38. The topological polar surface area (TPSA) is 44.5 Å². The van der Waals surface area contributed by atoms with Gasteiger partial charge in [-0.2, -0.15) is 0 Å². The standard InChI is InChI=1S/C28H36N4/c1-2-3-16-30-27-15-14-23(21-26(27)29)22-31-17-19-32(20-18-31)28(24-10-6-4-7-11-24)25-12-8-5-9-13-25/h4-15,21,28,30H,2-3,16-20,22,29H2,1H3. The van der Waals surface area contributed by atoms with Gasteiger partial charge in [0, 0.05) is 39.3 Å². The molecule has 3 aromatic rings. The molecular formula is C28H36N4. The van der Waals surface area contributed by atoms with Crippen LogP contribution >= 0.6 is 0 Å². The molecule has 1 heterocycles. The predicted molar refractivity (Wildman–Crippen MR) is 136 cm³/mol. The number of anilines is 2. The van der Waals surface area contributed by atoms with Crippen LogP contribution in [0.25, 0.3) is 0 Å². The summed E-state index contributed by atoms with van der Waals surface area (Å²) in [5.74, 6) is 0. The highest BCUT2D eigenvalue weighted by atomic mass is 15.3. The van der Waals surface area contributed by atoms with E-state index in [4.69, 9.17) is 5.73 Å². The number of nitrogens with two attached hydrogens (primary N) is 1. The van der Waals surface area contributed by atoms with Crippen molar-refractivity contribution in [2.45, 2.75) is 32.4 Å². The van der Waals surface area contributed by atoms with Crippen molar-refractivity contribution >= 4 is 11.4 Å². The molecule has 1 fully saturated rings. The normalized spacial score (nSPS) is 15.2. The lowest BCUT2D eigenvalue weighted by atomic mass is 9.96. The summed E-state index contributed by atoms with van der Waals surface area (Å²) in [7, 11) is 0. The van der Waals surface area contributed by atoms with Crippen molar-refractivity contribution in [2.24, 2.45) is 0 Å². The zero-order valence-corrected chi connectivity index (χ0v) is 19.2. The van der Waals surface area contributed by atoms with Gasteiger partial charge >= 0.3 is 0 Å². The number of nitrogens with zero attached hydrogens (tertiary/aromatic N) is 2. The second-order valence-corrected chi connectivity index (χ2v) is 8.74. The number of benzene rings is 3. The summed E-state index contributed by atoms with van der Waals surface area (Å²) in [5.41, 5.74) is 12.2. The number of hydrogen-bond acceptors (Lipinski definition) is 4. The third-order valence-corrected chi connectivity index (χ3v) is 6.37. The molecule has 1 saturated heterocycles. The van der Waals surface area contributed by atoms with Crippen LogP contribution in [-0.4, -0.2) is 42.5 Å². The van der Waals surface area contributed by atoms with Crippen LogP contribution in [0.2, 0.25) is 0 Å². The molecule has 0 radical (unpaired) electrons. The summed E-state index contributed by atoms with van der Waals surface area (Å²) in [6, 6.07) is 28.6. The first kappa shape index (κ1) is 22.4. The molecule has 4 nitrogen and oxygen atoms in total. The molecule has 3 N–H and O–H groups in total. The summed E-state index contributed by atoms with van der Waals surface area (Å²) >= 11 is 0. The lowest BCUT2D eigenvalue weighted by Crippen LogP contribution is -2.47. The van der Waals surface area contributed by atoms with Crippen molar-refractivity contribution in [3.63, 3.8) is 0 Å². The maximum atomic E-state index is 6.31. The Labute approximate surface area is 193 Å². The summed E-state index contributed by atoms with van der Waals surface area (Å²) in [6.45, 7) is 8.37. The molecule has 1 aliphatic rings. The Hall–Kier alpha value is -2.82. The van der Waals surface area contributed by atoms with Crippen molar-refractivity contribution < 1.29 is 0 Å². The fraction of sp³-hybridized carbons (Fsp3) is 0.357. The second-order valence-electron chi connectivity index (χ2n) is 8.74. The van der Waals surface area contributed by atoms with Crippen LogP contribution < -0.4 is 11.1 Å². The quantitative estimate of drug-likeness (QED) is 0.354. The van der Waals surface area contributed by atoms with Crippen LogP contribution in [-0.2, 0) is 6.54 Å². The van der Waals surface area contributed by atoms with E-state index in [2.05, 4.69) is 101 Å². The second kappa shape index (κ2) is 11.2. The minimum atomic E-state index is 0.309. The third-order valence-electron chi connectivity index (χ3n) is 6.37. The maximum absolute atomic E-state index is 6.31. The molecule has 0 aromatic heterocycles. The fourth-order valence-electron chi connectivity index (χ4n) is 4.59. The number of nitrogen functional groups attached to an aromatic ring is 1. The number of piperazine rings is 1. The molecule has 32 heavy (non-hydrogen) atoms. The van der Waals surface area contributed by atoms with Gasteiger partial charge in [-0.1, -0.05) is 80.1 Å². The van der Waals surface area contributed by atoms with Crippen molar-refractivity contribution in [1.29, 1.82) is 0 Å². The van der Waals surface area contributed by atoms with E-state index in [1.165, 1.54) is 29.5 Å². The average Bonchev–Trinajstić information content (AvgIpc) is 2.83. The highest BCUT2D eigenvalue weighted by molar-refractivity contribution is 5.66. The van der Waals surface area contributed by atoms with Crippen LogP contribution in [0.3, 0.4) is 0 Å². The zero-order chi connectivity index (χ0) is 22.2. The van der Waals surface area contributed by atoms with E-state index in [9.17, 15) is 0 Å². The average molecular weight is 429 g/mol. The molecule has 0 saturated carbocycles. The van der Waals surface area contributed by atoms with Gasteiger partial charge in [-0.05, 0) is 35.2 Å². The summed E-state index contributed by atoms with van der Waals surface area (Å²) in [5, 5.41) is 3.45. The van der Waals surface area contributed by atoms with E-state index in [-0.39, 0.29) is 0 Å². The van der Waals surface area contributed by atoms with Gasteiger partial charge in [-0.25, -0.2) is 0 Å². The van der Waals surface area contributed by atoms with Gasteiger partial charge < -0.3 is 11.1 Å². The van der Waals surface area contributed by atoms with E-state index < -0.39 is 0 Å². The van der Waals surface area contributed by atoms with E-state index in [0.29, 0.717) is 6.04 Å². The molecule has 0 spiro atoms. The first-order valence-electron chi connectivity index (χ1n) is 11.9. The van der Waals surface area contributed by atoms with Gasteiger partial charge in [0.15, 0.2) is 0 Å². The number of unbranched alkanes of at least 4 members (excludes halogenated alkanes) is 1. The number of hydrogen-bond donors (Lipinski definition) is 2. The highest BCUT2D eigenvalue weighted by Gasteiger charge is 2.26. The summed E-state index contributed by atoms with van der Waals surface area (Å²) in [4.78, 5) is 5.17. The Bertz CT molecular complexity index is 910. The minimum absolute atomic E-state index is 0.309. The minimum Gasteiger partial charge on any atom is -0.397 e. The molecule has 3 aromatic carbocycles. The van der Waals surface area contributed by atoms with Crippen LogP contribution in [0, 0.1) is 0 Å². The molecule has 0 bridgehead atoms. The predicted octanol–water partition coefficient (Wildman–Crippen LogP) is 5.39. The first-order chi connectivity index (χ1) is 15.7. The molecule has 1 aliphatic heterocycles. The van der Waals surface area contributed by atoms with Crippen molar-refractivity contribution in [2.75, 3.05) is 43.8 Å². The lowest BCUT2D eigenvalue weighted by molar-refractivity contribution is 0.105. The molecule has 4 rings (SSSR count). The Morgan fingerprint density at radius 1 is 0.844 bits per heavy atom.